The van der Waals surface area contributed by atoms with Crippen molar-refractivity contribution in [1.29, 1.82) is 5.26 Å². The van der Waals surface area contributed by atoms with Gasteiger partial charge in [0.1, 0.15) is 0 Å². The van der Waals surface area contributed by atoms with Gasteiger partial charge >= 0.3 is 0 Å². The second-order valence-corrected chi connectivity index (χ2v) is 5.69. The van der Waals surface area contributed by atoms with E-state index in [9.17, 15) is 4.79 Å². The molecule has 0 saturated heterocycles. The van der Waals surface area contributed by atoms with Crippen LogP contribution in [0.4, 0.5) is 5.69 Å². The number of ketones is 1. The number of carbonyl (C=O) groups is 1. The Bertz CT molecular complexity index is 760. The van der Waals surface area contributed by atoms with Crippen molar-refractivity contribution in [2.45, 2.75) is 33.7 Å². The normalized spacial score (nSPS) is 11.4. The average Bonchev–Trinajstić information content (AvgIpc) is 2.77. The summed E-state index contributed by atoms with van der Waals surface area (Å²) in [6.07, 6.45) is 0.405. The van der Waals surface area contributed by atoms with Crippen molar-refractivity contribution in [2.24, 2.45) is 4.99 Å². The lowest BCUT2D eigenvalue weighted by molar-refractivity contribution is 0.102. The van der Waals surface area contributed by atoms with E-state index in [4.69, 9.17) is 5.26 Å². The van der Waals surface area contributed by atoms with Crippen LogP contribution in [0.1, 0.15) is 34.8 Å². The number of nitriles is 1. The van der Waals surface area contributed by atoms with Gasteiger partial charge in [-0.05, 0) is 31.5 Å². The van der Waals surface area contributed by atoms with Gasteiger partial charge in [0.05, 0.1) is 23.1 Å². The van der Waals surface area contributed by atoms with Crippen molar-refractivity contribution >= 4 is 22.8 Å². The number of benzene rings is 1. The summed E-state index contributed by atoms with van der Waals surface area (Å²) in [6, 6.07) is 9.74. The summed E-state index contributed by atoms with van der Waals surface area (Å²) >= 11 is 1.42. The number of carbonyl (C=O) groups excluding carboxylic acids is 1. The molecule has 108 valence electrons. The quantitative estimate of drug-likeness (QED) is 0.813. The molecule has 0 aliphatic carbocycles. The average molecular weight is 299 g/mol. The maximum atomic E-state index is 11.6. The molecule has 0 amide bonds. The van der Waals surface area contributed by atoms with E-state index in [-0.39, 0.29) is 5.78 Å². The van der Waals surface area contributed by atoms with E-state index in [0.717, 1.165) is 33.2 Å². The fourth-order valence-corrected chi connectivity index (χ4v) is 3.27. The van der Waals surface area contributed by atoms with Gasteiger partial charge in [0, 0.05) is 19.2 Å². The molecule has 1 aromatic heterocycles. The Kier molecular flexibility index (Phi) is 4.71. The van der Waals surface area contributed by atoms with Crippen LogP contribution in [-0.4, -0.2) is 10.4 Å². The van der Waals surface area contributed by atoms with Crippen molar-refractivity contribution in [3.05, 3.63) is 45.2 Å². The highest BCUT2D eigenvalue weighted by molar-refractivity contribution is 7.11. The van der Waals surface area contributed by atoms with Gasteiger partial charge in [0.2, 0.25) is 0 Å². The van der Waals surface area contributed by atoms with Gasteiger partial charge in [-0.25, -0.2) is 4.99 Å². The van der Waals surface area contributed by atoms with Crippen molar-refractivity contribution in [2.75, 3.05) is 0 Å². The minimum Gasteiger partial charge on any atom is -0.321 e. The van der Waals surface area contributed by atoms with Crippen LogP contribution in [0.3, 0.4) is 0 Å². The minimum atomic E-state index is 0.0746. The maximum Gasteiger partial charge on any atom is 0.190 e. The van der Waals surface area contributed by atoms with Gasteiger partial charge in [-0.15, -0.1) is 0 Å². The summed E-state index contributed by atoms with van der Waals surface area (Å²) in [5.74, 6) is 0.0746. The Balaban J connectivity index is 2.47. The fraction of sp³-hybridized carbons (Fsp3) is 0.312. The van der Waals surface area contributed by atoms with Gasteiger partial charge in [-0.2, -0.15) is 5.26 Å². The van der Waals surface area contributed by atoms with Crippen molar-refractivity contribution < 1.29 is 4.79 Å². The number of hydrogen-bond donors (Lipinski definition) is 0. The van der Waals surface area contributed by atoms with E-state index in [0.29, 0.717) is 6.42 Å². The number of hydrogen-bond acceptors (Lipinski definition) is 4. The SMILES string of the molecule is CCn1c(C)c(C(C)=O)s/c1=N\c1ccc(CC#N)cc1. The molecule has 0 spiro atoms. The summed E-state index contributed by atoms with van der Waals surface area (Å²) in [4.78, 5) is 17.9. The predicted molar refractivity (Wildman–Crippen MR) is 83.7 cm³/mol. The lowest BCUT2D eigenvalue weighted by Gasteiger charge is -2.01. The molecule has 4 nitrogen and oxygen atoms in total. The molecule has 5 heteroatoms. The van der Waals surface area contributed by atoms with E-state index < -0.39 is 0 Å². The topological polar surface area (TPSA) is 58.1 Å². The van der Waals surface area contributed by atoms with Crippen molar-refractivity contribution in [3.63, 3.8) is 0 Å². The van der Waals surface area contributed by atoms with Gasteiger partial charge in [0.25, 0.3) is 0 Å². The summed E-state index contributed by atoms with van der Waals surface area (Å²) in [5, 5.41) is 8.67. The van der Waals surface area contributed by atoms with Crippen LogP contribution in [0.25, 0.3) is 0 Å². The van der Waals surface area contributed by atoms with Crippen molar-refractivity contribution in [1.82, 2.24) is 4.57 Å². The van der Waals surface area contributed by atoms with Crippen LogP contribution in [0.15, 0.2) is 29.3 Å². The largest absolute Gasteiger partial charge is 0.321 e. The van der Waals surface area contributed by atoms with Gasteiger partial charge in [-0.3, -0.25) is 4.79 Å². The Morgan fingerprint density at radius 3 is 2.57 bits per heavy atom. The molecule has 0 aliphatic heterocycles. The van der Waals surface area contributed by atoms with Gasteiger partial charge in [-0.1, -0.05) is 23.5 Å². The van der Waals surface area contributed by atoms with E-state index in [1.54, 1.807) is 6.92 Å². The number of aromatic nitrogens is 1. The Hall–Kier alpha value is -2.19. The van der Waals surface area contributed by atoms with Crippen LogP contribution in [0, 0.1) is 18.3 Å². The highest BCUT2D eigenvalue weighted by atomic mass is 32.1. The second kappa shape index (κ2) is 6.51. The van der Waals surface area contributed by atoms with Gasteiger partial charge in [0.15, 0.2) is 10.6 Å². The van der Waals surface area contributed by atoms with E-state index >= 15 is 0 Å². The lowest BCUT2D eigenvalue weighted by Crippen LogP contribution is -2.14. The second-order valence-electron chi connectivity index (χ2n) is 4.71. The summed E-state index contributed by atoms with van der Waals surface area (Å²) in [5.41, 5.74) is 2.77. The fourth-order valence-electron chi connectivity index (χ4n) is 2.16. The molecule has 0 saturated carbocycles. The Morgan fingerprint density at radius 2 is 2.05 bits per heavy atom. The van der Waals surface area contributed by atoms with Crippen LogP contribution >= 0.6 is 11.3 Å². The van der Waals surface area contributed by atoms with E-state index in [1.807, 2.05) is 42.7 Å². The Morgan fingerprint density at radius 1 is 1.38 bits per heavy atom. The molecule has 2 aromatic rings. The maximum absolute atomic E-state index is 11.6. The zero-order valence-corrected chi connectivity index (χ0v) is 13.2. The molecule has 1 heterocycles. The molecular weight excluding hydrogens is 282 g/mol. The predicted octanol–water partition coefficient (Wildman–Crippen LogP) is 3.38. The highest BCUT2D eigenvalue weighted by Crippen LogP contribution is 2.16. The number of thiazole rings is 1. The van der Waals surface area contributed by atoms with Crippen LogP contribution < -0.4 is 4.80 Å². The van der Waals surface area contributed by atoms with E-state index in [2.05, 4.69) is 11.1 Å². The highest BCUT2D eigenvalue weighted by Gasteiger charge is 2.12. The molecule has 0 atom stereocenters. The molecule has 1 aromatic carbocycles. The van der Waals surface area contributed by atoms with Crippen molar-refractivity contribution in [3.8, 4) is 6.07 Å². The first-order valence-electron chi connectivity index (χ1n) is 6.78. The third kappa shape index (κ3) is 3.29. The first kappa shape index (κ1) is 15.2. The standard InChI is InChI=1S/C16H17N3OS/c1-4-19-11(2)15(12(3)20)21-16(19)18-14-7-5-13(6-8-14)9-10-17/h5-8H,4,9H2,1-3H3/b18-16-. The molecule has 2 rings (SSSR count). The van der Waals surface area contributed by atoms with Gasteiger partial charge < -0.3 is 4.57 Å². The van der Waals surface area contributed by atoms with Crippen LogP contribution in [-0.2, 0) is 13.0 Å². The van der Waals surface area contributed by atoms with Crippen LogP contribution in [0.5, 0.6) is 0 Å². The molecular formula is C16H17N3OS. The number of nitrogens with zero attached hydrogens (tertiary/aromatic N) is 3. The molecule has 0 aliphatic rings. The Labute approximate surface area is 128 Å². The summed E-state index contributed by atoms with van der Waals surface area (Å²) < 4.78 is 2.05. The zero-order chi connectivity index (χ0) is 15.4. The number of Topliss-reactive ketones (excluding diaryl/α,β-unsaturated/α-hetero) is 1. The molecule has 0 N–H and O–H groups in total. The number of rotatable bonds is 4. The summed E-state index contributed by atoms with van der Waals surface area (Å²) in [7, 11) is 0. The van der Waals surface area contributed by atoms with Crippen LogP contribution in [0.2, 0.25) is 0 Å². The van der Waals surface area contributed by atoms with E-state index in [1.165, 1.54) is 11.3 Å². The first-order chi connectivity index (χ1) is 10.1. The minimum absolute atomic E-state index is 0.0746. The lowest BCUT2D eigenvalue weighted by atomic mass is 10.1. The summed E-state index contributed by atoms with van der Waals surface area (Å²) in [6.45, 7) is 6.35. The molecule has 0 bridgehead atoms. The monoisotopic (exact) mass is 299 g/mol. The smallest absolute Gasteiger partial charge is 0.190 e. The molecule has 21 heavy (non-hydrogen) atoms. The molecule has 0 fully saturated rings. The molecule has 0 unspecified atom stereocenters. The zero-order valence-electron chi connectivity index (χ0n) is 12.4. The third-order valence-electron chi connectivity index (χ3n) is 3.24. The molecule has 0 radical (unpaired) electrons. The first-order valence-corrected chi connectivity index (χ1v) is 7.60. The third-order valence-corrected chi connectivity index (χ3v) is 4.52.